The van der Waals surface area contributed by atoms with Gasteiger partial charge in [-0.3, -0.25) is 4.68 Å². The molecule has 1 aromatic carbocycles. The third-order valence-corrected chi connectivity index (χ3v) is 3.79. The normalized spacial score (nSPS) is 12.8. The molecular formula is C15H17F3N4S. The number of nitrogens with one attached hydrogen (secondary N) is 2. The Balaban J connectivity index is 2.10. The van der Waals surface area contributed by atoms with E-state index >= 15 is 0 Å². The highest BCUT2D eigenvalue weighted by Crippen LogP contribution is 2.34. The van der Waals surface area contributed by atoms with Gasteiger partial charge >= 0.3 is 6.18 Å². The molecule has 124 valence electrons. The smallest absolute Gasteiger partial charge is 0.356 e. The molecule has 0 saturated carbocycles. The van der Waals surface area contributed by atoms with E-state index in [1.807, 2.05) is 20.9 Å². The number of hydrogen-bond donors (Lipinski definition) is 2. The number of anilines is 1. The Morgan fingerprint density at radius 2 is 1.96 bits per heavy atom. The molecule has 4 nitrogen and oxygen atoms in total. The number of rotatable bonds is 3. The van der Waals surface area contributed by atoms with Crippen LogP contribution in [0.3, 0.4) is 0 Å². The van der Waals surface area contributed by atoms with Gasteiger partial charge in [0.05, 0.1) is 23.5 Å². The van der Waals surface area contributed by atoms with Crippen LogP contribution in [0.1, 0.15) is 29.8 Å². The van der Waals surface area contributed by atoms with Crippen LogP contribution in [0.5, 0.6) is 0 Å². The van der Waals surface area contributed by atoms with Crippen molar-refractivity contribution in [3.05, 3.63) is 47.3 Å². The molecule has 1 heterocycles. The Hall–Kier alpha value is -2.09. The van der Waals surface area contributed by atoms with Crippen LogP contribution in [0, 0.1) is 6.92 Å². The van der Waals surface area contributed by atoms with Crippen molar-refractivity contribution in [2.24, 2.45) is 7.05 Å². The molecule has 0 radical (unpaired) electrons. The first-order valence-corrected chi connectivity index (χ1v) is 7.33. The van der Waals surface area contributed by atoms with Crippen molar-refractivity contribution in [1.29, 1.82) is 0 Å². The van der Waals surface area contributed by atoms with Gasteiger partial charge in [0.2, 0.25) is 0 Å². The second kappa shape index (κ2) is 6.57. The number of thiocarbonyl (C=S) groups is 1. The van der Waals surface area contributed by atoms with Gasteiger partial charge in [0, 0.05) is 18.3 Å². The van der Waals surface area contributed by atoms with Crippen LogP contribution in [-0.2, 0) is 13.2 Å². The minimum atomic E-state index is -4.44. The minimum Gasteiger partial charge on any atom is -0.356 e. The Kier molecular flexibility index (Phi) is 4.93. The second-order valence-electron chi connectivity index (χ2n) is 5.17. The molecule has 0 spiro atoms. The van der Waals surface area contributed by atoms with Crippen LogP contribution in [-0.4, -0.2) is 14.9 Å². The summed E-state index contributed by atoms with van der Waals surface area (Å²) in [6.07, 6.45) is -2.73. The summed E-state index contributed by atoms with van der Waals surface area (Å²) in [7, 11) is 1.82. The van der Waals surface area contributed by atoms with Crippen LogP contribution >= 0.6 is 12.2 Å². The van der Waals surface area contributed by atoms with E-state index < -0.39 is 11.7 Å². The van der Waals surface area contributed by atoms with Gasteiger partial charge in [-0.25, -0.2) is 0 Å². The molecule has 23 heavy (non-hydrogen) atoms. The lowest BCUT2D eigenvalue weighted by molar-refractivity contribution is -0.136. The fourth-order valence-corrected chi connectivity index (χ4v) is 2.50. The average molecular weight is 342 g/mol. The van der Waals surface area contributed by atoms with Crippen LogP contribution < -0.4 is 10.6 Å². The molecule has 8 heteroatoms. The van der Waals surface area contributed by atoms with Gasteiger partial charge in [0.15, 0.2) is 5.11 Å². The van der Waals surface area contributed by atoms with E-state index in [4.69, 9.17) is 12.2 Å². The van der Waals surface area contributed by atoms with Crippen LogP contribution in [0.15, 0.2) is 30.5 Å². The van der Waals surface area contributed by atoms with Gasteiger partial charge in [-0.2, -0.15) is 18.3 Å². The van der Waals surface area contributed by atoms with Gasteiger partial charge in [-0.15, -0.1) is 0 Å². The molecule has 2 aromatic rings. The molecule has 2 rings (SSSR count). The first-order chi connectivity index (χ1) is 10.7. The molecule has 0 saturated heterocycles. The Labute approximate surface area is 137 Å². The first-order valence-electron chi connectivity index (χ1n) is 6.92. The van der Waals surface area contributed by atoms with E-state index in [1.165, 1.54) is 18.2 Å². The third kappa shape index (κ3) is 4.01. The highest BCUT2D eigenvalue weighted by molar-refractivity contribution is 7.80. The Morgan fingerprint density at radius 3 is 2.52 bits per heavy atom. The molecule has 0 aliphatic rings. The molecule has 0 fully saturated rings. The molecule has 2 N–H and O–H groups in total. The second-order valence-corrected chi connectivity index (χ2v) is 5.58. The molecule has 1 aromatic heterocycles. The average Bonchev–Trinajstić information content (AvgIpc) is 2.78. The summed E-state index contributed by atoms with van der Waals surface area (Å²) < 4.78 is 40.6. The number of halogens is 3. The van der Waals surface area contributed by atoms with Crippen molar-refractivity contribution in [3.63, 3.8) is 0 Å². The van der Waals surface area contributed by atoms with Crippen LogP contribution in [0.2, 0.25) is 0 Å². The van der Waals surface area contributed by atoms with Gasteiger partial charge in [-0.1, -0.05) is 12.1 Å². The van der Waals surface area contributed by atoms with Crippen molar-refractivity contribution in [2.45, 2.75) is 26.1 Å². The molecule has 1 atom stereocenters. The number of benzene rings is 1. The number of hydrogen-bond acceptors (Lipinski definition) is 2. The fraction of sp³-hybridized carbons (Fsp3) is 0.333. The van der Waals surface area contributed by atoms with Crippen LogP contribution in [0.4, 0.5) is 18.9 Å². The Morgan fingerprint density at radius 1 is 1.30 bits per heavy atom. The number of aryl methyl sites for hydroxylation is 1. The predicted molar refractivity (Wildman–Crippen MR) is 87.2 cm³/mol. The maximum absolute atomic E-state index is 13.0. The lowest BCUT2D eigenvalue weighted by atomic mass is 10.1. The van der Waals surface area contributed by atoms with Crippen molar-refractivity contribution >= 4 is 23.0 Å². The summed E-state index contributed by atoms with van der Waals surface area (Å²) in [5, 5.41) is 9.86. The molecule has 0 amide bonds. The predicted octanol–water partition coefficient (Wildman–Crippen LogP) is 3.79. The molecular weight excluding hydrogens is 325 g/mol. The molecule has 0 bridgehead atoms. The standard InChI is InChI=1S/C15H17F3N4S/c1-9(11-8-19-22(3)10(11)2)20-14(23)21-13-7-5-4-6-12(13)15(16,17)18/h4-9H,1-3H3,(H2,20,21,23)/t9-/m0/s1. The van der Waals surface area contributed by atoms with Crippen LogP contribution in [0.25, 0.3) is 0 Å². The Bertz CT molecular complexity index is 709. The largest absolute Gasteiger partial charge is 0.418 e. The van der Waals surface area contributed by atoms with Gasteiger partial charge < -0.3 is 10.6 Å². The third-order valence-electron chi connectivity index (χ3n) is 3.57. The number of alkyl halides is 3. The highest BCUT2D eigenvalue weighted by Gasteiger charge is 2.33. The maximum atomic E-state index is 13.0. The zero-order valence-corrected chi connectivity index (χ0v) is 13.7. The van der Waals surface area contributed by atoms with Gasteiger partial charge in [0.25, 0.3) is 0 Å². The van der Waals surface area contributed by atoms with Gasteiger partial charge in [-0.05, 0) is 38.2 Å². The van der Waals surface area contributed by atoms with Gasteiger partial charge in [0.1, 0.15) is 0 Å². The summed E-state index contributed by atoms with van der Waals surface area (Å²) in [5.41, 5.74) is 1.06. The summed E-state index contributed by atoms with van der Waals surface area (Å²) in [6.45, 7) is 3.78. The van der Waals surface area contributed by atoms with E-state index in [9.17, 15) is 13.2 Å². The maximum Gasteiger partial charge on any atom is 0.418 e. The quantitative estimate of drug-likeness (QED) is 0.833. The topological polar surface area (TPSA) is 41.9 Å². The van der Waals surface area contributed by atoms with Crippen molar-refractivity contribution < 1.29 is 13.2 Å². The fourth-order valence-electron chi connectivity index (χ4n) is 2.21. The number of para-hydroxylation sites is 1. The molecule has 0 unspecified atom stereocenters. The van der Waals surface area contributed by atoms with E-state index in [1.54, 1.807) is 10.9 Å². The zero-order chi connectivity index (χ0) is 17.2. The SMILES string of the molecule is Cc1c([C@H](C)NC(=S)Nc2ccccc2C(F)(F)F)cnn1C. The monoisotopic (exact) mass is 342 g/mol. The summed E-state index contributed by atoms with van der Waals surface area (Å²) in [5.74, 6) is 0. The number of nitrogens with zero attached hydrogens (tertiary/aromatic N) is 2. The summed E-state index contributed by atoms with van der Waals surface area (Å²) in [6, 6.07) is 5.04. The number of aromatic nitrogens is 2. The zero-order valence-electron chi connectivity index (χ0n) is 12.9. The van der Waals surface area contributed by atoms with E-state index in [0.717, 1.165) is 17.3 Å². The van der Waals surface area contributed by atoms with Crippen molar-refractivity contribution in [1.82, 2.24) is 15.1 Å². The molecule has 0 aliphatic carbocycles. The first kappa shape index (κ1) is 17.3. The highest BCUT2D eigenvalue weighted by atomic mass is 32.1. The lowest BCUT2D eigenvalue weighted by Crippen LogP contribution is -2.31. The summed E-state index contributed by atoms with van der Waals surface area (Å²) >= 11 is 5.13. The van der Waals surface area contributed by atoms with Crippen molar-refractivity contribution in [3.8, 4) is 0 Å². The summed E-state index contributed by atoms with van der Waals surface area (Å²) in [4.78, 5) is 0. The van der Waals surface area contributed by atoms with Crippen molar-refractivity contribution in [2.75, 3.05) is 5.32 Å². The minimum absolute atomic E-state index is 0.0763. The lowest BCUT2D eigenvalue weighted by Gasteiger charge is -2.19. The van der Waals surface area contributed by atoms with E-state index in [-0.39, 0.29) is 16.8 Å². The van der Waals surface area contributed by atoms with E-state index in [0.29, 0.717) is 0 Å². The van der Waals surface area contributed by atoms with E-state index in [2.05, 4.69) is 15.7 Å². The molecule has 0 aliphatic heterocycles.